The van der Waals surface area contributed by atoms with Crippen molar-refractivity contribution in [2.24, 2.45) is 0 Å². The first-order valence-corrected chi connectivity index (χ1v) is 11.2. The monoisotopic (exact) mass is 517 g/mol. The number of methoxy groups -OCH3 is 2. The molecule has 0 unspecified atom stereocenters. The van der Waals surface area contributed by atoms with Crippen molar-refractivity contribution in [3.8, 4) is 34.5 Å². The molecule has 1 amide bonds. The second kappa shape index (κ2) is 11.1. The largest absolute Gasteiger partial charge is 0.497 e. The number of hydrogen-bond acceptors (Lipinski definition) is 8. The van der Waals surface area contributed by atoms with Gasteiger partial charge in [-0.05, 0) is 30.3 Å². The average molecular weight is 518 g/mol. The van der Waals surface area contributed by atoms with Crippen LogP contribution in [0.25, 0.3) is 17.0 Å². The van der Waals surface area contributed by atoms with E-state index in [1.807, 2.05) is 6.07 Å². The molecule has 10 nitrogen and oxygen atoms in total. The minimum atomic E-state index is -0.333. The van der Waals surface area contributed by atoms with Gasteiger partial charge in [0.2, 0.25) is 5.88 Å². The molecule has 0 atom stereocenters. The van der Waals surface area contributed by atoms with Crippen LogP contribution < -0.4 is 24.3 Å². The lowest BCUT2D eigenvalue weighted by molar-refractivity contribution is -0.123. The number of aromatic nitrogens is 4. The Balaban J connectivity index is 1.35. The van der Waals surface area contributed by atoms with Crippen LogP contribution in [0, 0.1) is 0 Å². The molecule has 182 valence electrons. The summed E-state index contributed by atoms with van der Waals surface area (Å²) in [6.45, 7) is 0.218. The summed E-state index contributed by atoms with van der Waals surface area (Å²) < 4.78 is 23.4. The number of nitrogens with one attached hydrogen (secondary N) is 1. The lowest BCUT2D eigenvalue weighted by Gasteiger charge is -2.10. The van der Waals surface area contributed by atoms with Gasteiger partial charge < -0.3 is 24.3 Å². The number of fused-ring (bicyclic) bond motifs is 1. The van der Waals surface area contributed by atoms with Gasteiger partial charge in [0.1, 0.15) is 28.9 Å². The zero-order valence-electron chi connectivity index (χ0n) is 18.8. The van der Waals surface area contributed by atoms with Gasteiger partial charge in [-0.1, -0.05) is 29.3 Å². The molecule has 0 aliphatic carbocycles. The molecule has 2 aromatic carbocycles. The minimum absolute atomic E-state index is 0.186. The Kier molecular flexibility index (Phi) is 7.74. The van der Waals surface area contributed by atoms with Gasteiger partial charge in [0.25, 0.3) is 5.91 Å². The number of hydrogen-bond donors (Lipinski definition) is 1. The summed E-state index contributed by atoms with van der Waals surface area (Å²) >= 11 is 12.0. The van der Waals surface area contributed by atoms with Gasteiger partial charge in [-0.2, -0.15) is 4.52 Å². The molecular formula is C23H21Cl2N5O5. The maximum atomic E-state index is 12.0. The summed E-state index contributed by atoms with van der Waals surface area (Å²) in [5.74, 6) is 2.04. The normalized spacial score (nSPS) is 10.7. The number of amides is 1. The van der Waals surface area contributed by atoms with Crippen LogP contribution in [0.4, 0.5) is 0 Å². The van der Waals surface area contributed by atoms with Crippen molar-refractivity contribution >= 4 is 34.8 Å². The Morgan fingerprint density at radius 2 is 1.86 bits per heavy atom. The molecule has 0 spiro atoms. The predicted octanol–water partition coefficient (Wildman–Crippen LogP) is 3.69. The lowest BCUT2D eigenvalue weighted by Crippen LogP contribution is -2.32. The second-order valence-electron chi connectivity index (χ2n) is 7.07. The zero-order valence-corrected chi connectivity index (χ0v) is 20.3. The molecule has 2 aromatic heterocycles. The number of ether oxygens (including phenoxy) is 4. The van der Waals surface area contributed by atoms with Crippen LogP contribution in [0.3, 0.4) is 0 Å². The van der Waals surface area contributed by atoms with Crippen LogP contribution in [-0.4, -0.2) is 59.7 Å². The van der Waals surface area contributed by atoms with E-state index in [2.05, 4.69) is 20.6 Å². The Morgan fingerprint density at radius 1 is 1.00 bits per heavy atom. The van der Waals surface area contributed by atoms with Crippen LogP contribution in [0.1, 0.15) is 0 Å². The third-order valence-electron chi connectivity index (χ3n) is 4.84. The average Bonchev–Trinajstić information content (AvgIpc) is 3.30. The first-order chi connectivity index (χ1) is 17.0. The van der Waals surface area contributed by atoms with Crippen molar-refractivity contribution in [3.63, 3.8) is 0 Å². The fourth-order valence-corrected chi connectivity index (χ4v) is 3.48. The van der Waals surface area contributed by atoms with E-state index in [1.165, 1.54) is 0 Å². The topological polar surface area (TPSA) is 109 Å². The van der Waals surface area contributed by atoms with Crippen molar-refractivity contribution in [2.75, 3.05) is 34.0 Å². The molecule has 4 aromatic rings. The van der Waals surface area contributed by atoms with Crippen LogP contribution in [0.2, 0.25) is 10.0 Å². The molecule has 2 heterocycles. The maximum absolute atomic E-state index is 12.0. The third kappa shape index (κ3) is 5.67. The summed E-state index contributed by atoms with van der Waals surface area (Å²) in [7, 11) is 3.14. The molecule has 0 aliphatic heterocycles. The molecule has 35 heavy (non-hydrogen) atoms. The lowest BCUT2D eigenvalue weighted by atomic mass is 10.2. The highest BCUT2D eigenvalue weighted by Crippen LogP contribution is 2.33. The highest BCUT2D eigenvalue weighted by Gasteiger charge is 2.16. The van der Waals surface area contributed by atoms with Crippen molar-refractivity contribution < 1.29 is 23.7 Å². The number of rotatable bonds is 10. The highest BCUT2D eigenvalue weighted by molar-refractivity contribution is 6.42. The summed E-state index contributed by atoms with van der Waals surface area (Å²) in [5.41, 5.74) is 1.23. The van der Waals surface area contributed by atoms with E-state index in [9.17, 15) is 4.79 Å². The van der Waals surface area contributed by atoms with Crippen molar-refractivity contribution in [2.45, 2.75) is 0 Å². The summed E-state index contributed by atoms with van der Waals surface area (Å²) in [6.07, 6.45) is 0. The molecule has 4 rings (SSSR count). The van der Waals surface area contributed by atoms with E-state index in [4.69, 9.17) is 42.1 Å². The predicted molar refractivity (Wildman–Crippen MR) is 130 cm³/mol. The van der Waals surface area contributed by atoms with Crippen LogP contribution in [-0.2, 0) is 4.79 Å². The zero-order chi connectivity index (χ0) is 24.8. The van der Waals surface area contributed by atoms with Gasteiger partial charge in [0.05, 0.1) is 31.4 Å². The molecule has 0 saturated carbocycles. The molecule has 0 fully saturated rings. The molecule has 0 aliphatic rings. The standard InChI is InChI=1S/C23H21Cl2N5O5/c1-32-14-6-7-15(18(12-14)33-2)23-28-27-19-8-9-21(29-30(19)23)34-11-10-26-20(31)13-35-17-5-3-4-16(24)22(17)25/h3-9,12H,10-11,13H2,1-2H3,(H,26,31). The minimum Gasteiger partial charge on any atom is -0.497 e. The molecule has 0 saturated heterocycles. The summed E-state index contributed by atoms with van der Waals surface area (Å²) in [5, 5.41) is 16.1. The van der Waals surface area contributed by atoms with Gasteiger partial charge in [0.15, 0.2) is 18.1 Å². The molecule has 1 N–H and O–H groups in total. The van der Waals surface area contributed by atoms with E-state index >= 15 is 0 Å². The molecule has 0 radical (unpaired) electrons. The smallest absolute Gasteiger partial charge is 0.258 e. The van der Waals surface area contributed by atoms with Crippen molar-refractivity contribution in [1.29, 1.82) is 0 Å². The SMILES string of the molecule is COc1ccc(-c2nnc3ccc(OCCNC(=O)COc4cccc(Cl)c4Cl)nn23)c(OC)c1. The number of carbonyl (C=O) groups is 1. The van der Waals surface area contributed by atoms with E-state index in [-0.39, 0.29) is 30.7 Å². The van der Waals surface area contributed by atoms with Gasteiger partial charge in [0, 0.05) is 12.1 Å². The number of carbonyl (C=O) groups excluding carboxylic acids is 1. The van der Waals surface area contributed by atoms with Gasteiger partial charge in [-0.15, -0.1) is 15.3 Å². The van der Waals surface area contributed by atoms with E-state index < -0.39 is 0 Å². The van der Waals surface area contributed by atoms with Gasteiger partial charge in [-0.3, -0.25) is 4.79 Å². The molecule has 12 heteroatoms. The fraction of sp³-hybridized carbons (Fsp3) is 0.217. The van der Waals surface area contributed by atoms with Crippen molar-refractivity contribution in [1.82, 2.24) is 25.1 Å². The molecular weight excluding hydrogens is 497 g/mol. The Bertz CT molecular complexity index is 1350. The van der Waals surface area contributed by atoms with Crippen LogP contribution >= 0.6 is 23.2 Å². The quantitative estimate of drug-likeness (QED) is 0.317. The first-order valence-electron chi connectivity index (χ1n) is 10.4. The number of benzene rings is 2. The Hall–Kier alpha value is -3.76. The van der Waals surface area contributed by atoms with E-state index in [0.717, 1.165) is 0 Å². The van der Waals surface area contributed by atoms with Crippen LogP contribution in [0.5, 0.6) is 23.1 Å². The van der Waals surface area contributed by atoms with E-state index in [1.54, 1.807) is 61.2 Å². The Morgan fingerprint density at radius 3 is 2.66 bits per heavy atom. The van der Waals surface area contributed by atoms with Crippen LogP contribution in [0.15, 0.2) is 48.5 Å². The first kappa shape index (κ1) is 24.4. The maximum Gasteiger partial charge on any atom is 0.258 e. The third-order valence-corrected chi connectivity index (χ3v) is 5.64. The van der Waals surface area contributed by atoms with Crippen molar-refractivity contribution in [3.05, 3.63) is 58.6 Å². The van der Waals surface area contributed by atoms with Gasteiger partial charge >= 0.3 is 0 Å². The Labute approximate surface area is 210 Å². The summed E-state index contributed by atoms with van der Waals surface area (Å²) in [6, 6.07) is 13.7. The number of nitrogens with zero attached hydrogens (tertiary/aromatic N) is 4. The molecule has 0 bridgehead atoms. The van der Waals surface area contributed by atoms with Gasteiger partial charge in [-0.25, -0.2) is 0 Å². The highest BCUT2D eigenvalue weighted by atomic mass is 35.5. The fourth-order valence-electron chi connectivity index (χ4n) is 3.14. The second-order valence-corrected chi connectivity index (χ2v) is 7.86. The summed E-state index contributed by atoms with van der Waals surface area (Å²) in [4.78, 5) is 12.0. The van der Waals surface area contributed by atoms with E-state index in [0.29, 0.717) is 45.2 Å². The number of halogens is 2.